The van der Waals surface area contributed by atoms with Gasteiger partial charge in [-0.1, -0.05) is 37.6 Å². The highest BCUT2D eigenvalue weighted by Gasteiger charge is 2.58. The third-order valence-corrected chi connectivity index (χ3v) is 11.6. The monoisotopic (exact) mass is 646 g/mol. The molecule has 4 aliphatic rings. The summed E-state index contributed by atoms with van der Waals surface area (Å²) in [5.41, 5.74) is 6.35. The van der Waals surface area contributed by atoms with Crippen molar-refractivity contribution in [3.05, 3.63) is 81.2 Å². The topological polar surface area (TPSA) is 61.2 Å². The molecule has 0 N–H and O–H groups in total. The maximum atomic E-state index is 12.8. The molecule has 5 nitrogen and oxygen atoms in total. The van der Waals surface area contributed by atoms with Gasteiger partial charge in [0.05, 0.1) is 16.6 Å². The molecule has 6 heteroatoms. The molecular weight excluding hydrogens is 611 g/mol. The van der Waals surface area contributed by atoms with Gasteiger partial charge in [0, 0.05) is 26.7 Å². The van der Waals surface area contributed by atoms with Crippen molar-refractivity contribution in [2.75, 3.05) is 0 Å². The van der Waals surface area contributed by atoms with E-state index in [4.69, 9.17) is 4.74 Å². The molecule has 0 saturated heterocycles. The van der Waals surface area contributed by atoms with Crippen LogP contribution in [0.1, 0.15) is 69.2 Å². The minimum Gasteiger partial charge on any atom is -0.458 e. The number of fused-ring (bicyclic) bond motifs is 6. The summed E-state index contributed by atoms with van der Waals surface area (Å²) in [6.45, 7) is 4.86. The van der Waals surface area contributed by atoms with E-state index in [1.54, 1.807) is 0 Å². The van der Waals surface area contributed by atoms with Crippen LogP contribution in [0.4, 0.5) is 0 Å². The van der Waals surface area contributed by atoms with Crippen molar-refractivity contribution in [1.82, 2.24) is 9.55 Å². The zero-order valence-electron chi connectivity index (χ0n) is 23.1. The number of hydrogen-bond donors (Lipinski definition) is 0. The Morgan fingerprint density at radius 3 is 2.60 bits per heavy atom. The van der Waals surface area contributed by atoms with E-state index in [1.807, 2.05) is 42.7 Å². The zero-order chi connectivity index (χ0) is 27.6. The molecule has 1 heterocycles. The van der Waals surface area contributed by atoms with Crippen molar-refractivity contribution < 1.29 is 14.3 Å². The summed E-state index contributed by atoms with van der Waals surface area (Å²) in [6, 6.07) is 15.8. The summed E-state index contributed by atoms with van der Waals surface area (Å²) in [5.74, 6) is 1.35. The maximum Gasteiger partial charge on any atom is 0.338 e. The standard InChI is InChI=1S/C34H35IN2O3/c1-33-15-13-25(40-32(39)21-7-10-24(35)11-8-21)18-23(33)9-12-26-27(33)14-16-34(2)28(26)17-22(19-38)31(34)37-20-36-29-5-3-4-6-30(29)37/h3-11,19-20,25-28H,12-18H2,1-2H3/t25-,26+,27-,28-,33-,34-/m0/s1. The van der Waals surface area contributed by atoms with Crippen LogP contribution in [0.25, 0.3) is 16.7 Å². The van der Waals surface area contributed by atoms with Gasteiger partial charge in [0.1, 0.15) is 18.7 Å². The lowest BCUT2D eigenvalue weighted by Crippen LogP contribution is -2.50. The summed E-state index contributed by atoms with van der Waals surface area (Å²) < 4.78 is 9.33. The Kier molecular flexibility index (Phi) is 6.33. The van der Waals surface area contributed by atoms with Crippen molar-refractivity contribution in [2.24, 2.45) is 28.6 Å². The number of aldehydes is 1. The second kappa shape index (κ2) is 9.68. The predicted molar refractivity (Wildman–Crippen MR) is 164 cm³/mol. The fraction of sp³-hybridized carbons (Fsp3) is 0.441. The van der Waals surface area contributed by atoms with Crippen molar-refractivity contribution >= 4 is 51.6 Å². The number of ether oxygens (including phenoxy) is 1. The maximum absolute atomic E-state index is 12.8. The van der Waals surface area contributed by atoms with Gasteiger partial charge in [0.25, 0.3) is 0 Å². The van der Waals surface area contributed by atoms with Crippen LogP contribution >= 0.6 is 22.6 Å². The number of carbonyl (C=O) groups is 2. The average Bonchev–Trinajstić information content (AvgIpc) is 3.51. The molecule has 2 saturated carbocycles. The molecular formula is C34H35IN2O3. The number of carbonyl (C=O) groups excluding carboxylic acids is 2. The summed E-state index contributed by atoms with van der Waals surface area (Å²) in [7, 11) is 0. The number of imidazole rings is 1. The van der Waals surface area contributed by atoms with E-state index in [0.29, 0.717) is 23.3 Å². The van der Waals surface area contributed by atoms with E-state index in [-0.39, 0.29) is 22.9 Å². The van der Waals surface area contributed by atoms with Crippen molar-refractivity contribution in [3.8, 4) is 0 Å². The first kappa shape index (κ1) is 26.2. The molecule has 0 spiro atoms. The molecule has 0 unspecified atom stereocenters. The fourth-order valence-electron chi connectivity index (χ4n) is 8.90. The lowest BCUT2D eigenvalue weighted by Gasteiger charge is -2.57. The summed E-state index contributed by atoms with van der Waals surface area (Å²) in [5, 5.41) is 0. The summed E-state index contributed by atoms with van der Waals surface area (Å²) >= 11 is 2.25. The highest BCUT2D eigenvalue weighted by atomic mass is 127. The highest BCUT2D eigenvalue weighted by Crippen LogP contribution is 2.66. The van der Waals surface area contributed by atoms with Gasteiger partial charge >= 0.3 is 5.97 Å². The Morgan fingerprint density at radius 2 is 1.80 bits per heavy atom. The SMILES string of the molecule is C[C@]12CC[C@H](OC(=O)c3ccc(I)cc3)CC1=CC[C@@H]1[C@@H]2CC[C@]2(C)C(n3cnc4ccccc43)=C(C=O)C[C@@H]12. The lowest BCUT2D eigenvalue weighted by atomic mass is 9.47. The van der Waals surface area contributed by atoms with Crippen LogP contribution in [0, 0.1) is 32.2 Å². The Hall–Kier alpha value is -2.74. The number of aromatic nitrogens is 2. The second-order valence-corrected chi connectivity index (χ2v) is 14.0. The Balaban J connectivity index is 1.14. The molecule has 0 radical (unpaired) electrons. The van der Waals surface area contributed by atoms with Gasteiger partial charge < -0.3 is 9.30 Å². The predicted octanol–water partition coefficient (Wildman–Crippen LogP) is 7.85. The third-order valence-electron chi connectivity index (χ3n) is 10.9. The molecule has 206 valence electrons. The van der Waals surface area contributed by atoms with Crippen LogP contribution in [-0.4, -0.2) is 27.9 Å². The van der Waals surface area contributed by atoms with Crippen molar-refractivity contribution in [2.45, 2.75) is 64.9 Å². The van der Waals surface area contributed by atoms with Gasteiger partial charge in [-0.05, 0) is 121 Å². The smallest absolute Gasteiger partial charge is 0.338 e. The van der Waals surface area contributed by atoms with Crippen LogP contribution in [-0.2, 0) is 9.53 Å². The van der Waals surface area contributed by atoms with Crippen LogP contribution in [0.2, 0.25) is 0 Å². The lowest BCUT2D eigenvalue weighted by molar-refractivity contribution is -0.105. The molecule has 0 amide bonds. The number of esters is 1. The first-order chi connectivity index (χ1) is 19.3. The number of allylic oxidation sites excluding steroid dienone is 3. The van der Waals surface area contributed by atoms with Gasteiger partial charge in [0.2, 0.25) is 0 Å². The quantitative estimate of drug-likeness (QED) is 0.125. The van der Waals surface area contributed by atoms with E-state index >= 15 is 0 Å². The van der Waals surface area contributed by atoms with Crippen molar-refractivity contribution in [3.63, 3.8) is 0 Å². The van der Waals surface area contributed by atoms with Crippen LogP contribution in [0.3, 0.4) is 0 Å². The third kappa shape index (κ3) is 3.96. The number of para-hydroxylation sites is 2. The number of rotatable bonds is 4. The first-order valence-corrected chi connectivity index (χ1v) is 15.7. The van der Waals surface area contributed by atoms with Crippen molar-refractivity contribution in [1.29, 1.82) is 0 Å². The summed E-state index contributed by atoms with van der Waals surface area (Å²) in [6.07, 6.45) is 12.3. The Labute approximate surface area is 249 Å². The molecule has 7 rings (SSSR count). The van der Waals surface area contributed by atoms with Crippen LogP contribution < -0.4 is 0 Å². The van der Waals surface area contributed by atoms with Crippen LogP contribution in [0.15, 0.2) is 72.1 Å². The van der Waals surface area contributed by atoms with Gasteiger partial charge in [-0.3, -0.25) is 4.79 Å². The number of benzene rings is 2. The van der Waals surface area contributed by atoms with Gasteiger partial charge in [-0.15, -0.1) is 0 Å². The Bertz CT molecular complexity index is 1570. The number of nitrogens with zero attached hydrogens (tertiary/aromatic N) is 2. The number of halogens is 1. The molecule has 40 heavy (non-hydrogen) atoms. The molecule has 2 aromatic carbocycles. The zero-order valence-corrected chi connectivity index (χ0v) is 25.3. The largest absolute Gasteiger partial charge is 0.458 e. The Morgan fingerprint density at radius 1 is 1.02 bits per heavy atom. The van der Waals surface area contributed by atoms with Gasteiger partial charge in [0.15, 0.2) is 0 Å². The molecule has 0 bridgehead atoms. The van der Waals surface area contributed by atoms with Gasteiger partial charge in [-0.2, -0.15) is 0 Å². The molecule has 3 aromatic rings. The minimum atomic E-state index is -0.217. The van der Waals surface area contributed by atoms with E-state index in [0.717, 1.165) is 71.4 Å². The molecule has 4 aliphatic carbocycles. The highest BCUT2D eigenvalue weighted by molar-refractivity contribution is 14.1. The fourth-order valence-corrected chi connectivity index (χ4v) is 9.26. The van der Waals surface area contributed by atoms with E-state index < -0.39 is 0 Å². The number of hydrogen-bond acceptors (Lipinski definition) is 4. The normalized spacial score (nSPS) is 33.1. The van der Waals surface area contributed by atoms with E-state index in [2.05, 4.69) is 64.2 Å². The first-order valence-electron chi connectivity index (χ1n) is 14.6. The molecule has 0 aliphatic heterocycles. The van der Waals surface area contributed by atoms with E-state index in [9.17, 15) is 9.59 Å². The van der Waals surface area contributed by atoms with Crippen LogP contribution in [0.5, 0.6) is 0 Å². The van der Waals surface area contributed by atoms with Gasteiger partial charge in [-0.25, -0.2) is 9.78 Å². The van der Waals surface area contributed by atoms with E-state index in [1.165, 1.54) is 11.3 Å². The molecule has 6 atom stereocenters. The second-order valence-electron chi connectivity index (χ2n) is 12.8. The molecule has 2 fully saturated rings. The minimum absolute atomic E-state index is 0.0528. The molecule has 1 aromatic heterocycles. The average molecular weight is 647 g/mol. The summed E-state index contributed by atoms with van der Waals surface area (Å²) in [4.78, 5) is 30.0.